The van der Waals surface area contributed by atoms with Crippen molar-refractivity contribution in [3.8, 4) is 0 Å². The number of carbonyl (C=O) groups is 1. The number of hydrogen-bond acceptors (Lipinski definition) is 4. The normalized spacial score (nSPS) is 11.9. The summed E-state index contributed by atoms with van der Waals surface area (Å²) >= 11 is 6.08. The summed E-state index contributed by atoms with van der Waals surface area (Å²) in [5.74, 6) is 0.0386. The van der Waals surface area contributed by atoms with Crippen LogP contribution in [0.2, 0.25) is 5.02 Å². The van der Waals surface area contributed by atoms with E-state index in [0.717, 1.165) is 17.3 Å². The van der Waals surface area contributed by atoms with E-state index in [-0.39, 0.29) is 24.2 Å². The number of halogens is 1. The maximum atomic E-state index is 13.2. The lowest BCUT2D eigenvalue weighted by molar-refractivity contribution is -0.134. The molecular weight excluding hydrogens is 410 g/mol. The summed E-state index contributed by atoms with van der Waals surface area (Å²) in [4.78, 5) is 19.4. The van der Waals surface area contributed by atoms with E-state index in [0.29, 0.717) is 22.9 Å². The van der Waals surface area contributed by atoms with Gasteiger partial charge in [0.2, 0.25) is 5.91 Å². The highest BCUT2D eigenvalue weighted by atomic mass is 35.5. The molecule has 0 unspecified atom stereocenters. The molecule has 0 bridgehead atoms. The summed E-state index contributed by atoms with van der Waals surface area (Å²) in [6.07, 6.45) is 1.16. The van der Waals surface area contributed by atoms with Gasteiger partial charge in [-0.2, -0.15) is 0 Å². The third kappa shape index (κ3) is 5.36. The number of para-hydroxylation sites is 2. The molecule has 6 nitrogen and oxygen atoms in total. The highest BCUT2D eigenvalue weighted by Crippen LogP contribution is 2.20. The van der Waals surface area contributed by atoms with Crippen LogP contribution in [0.4, 0.5) is 0 Å². The lowest BCUT2D eigenvalue weighted by Crippen LogP contribution is -2.38. The molecule has 1 heterocycles. The second-order valence-electron chi connectivity index (χ2n) is 7.42. The Morgan fingerprint density at radius 2 is 1.90 bits per heavy atom. The Bertz CT molecular complexity index is 1140. The summed E-state index contributed by atoms with van der Waals surface area (Å²) in [7, 11) is -3.30. The Balaban J connectivity index is 1.93. The van der Waals surface area contributed by atoms with E-state index in [1.807, 2.05) is 56.3 Å². The molecule has 0 aliphatic heterocycles. The van der Waals surface area contributed by atoms with Crippen LogP contribution in [0, 0.1) is 0 Å². The molecule has 0 fully saturated rings. The minimum atomic E-state index is -3.30. The Labute approximate surface area is 176 Å². The van der Waals surface area contributed by atoms with Crippen LogP contribution < -0.4 is 0 Å². The molecule has 0 saturated heterocycles. The van der Waals surface area contributed by atoms with E-state index >= 15 is 0 Å². The van der Waals surface area contributed by atoms with Gasteiger partial charge in [0, 0.05) is 23.9 Å². The molecule has 1 amide bonds. The van der Waals surface area contributed by atoms with Crippen LogP contribution in [-0.4, -0.2) is 41.1 Å². The van der Waals surface area contributed by atoms with Crippen molar-refractivity contribution in [1.29, 1.82) is 0 Å². The average Bonchev–Trinajstić information content (AvgIpc) is 2.95. The molecule has 29 heavy (non-hydrogen) atoms. The summed E-state index contributed by atoms with van der Waals surface area (Å²) in [6.45, 7) is 4.34. The molecule has 8 heteroatoms. The molecule has 0 saturated carbocycles. The predicted octanol–water partition coefficient (Wildman–Crippen LogP) is 3.67. The van der Waals surface area contributed by atoms with Gasteiger partial charge in [0.1, 0.15) is 18.1 Å². The highest BCUT2D eigenvalue weighted by molar-refractivity contribution is 7.89. The third-order valence-corrected chi connectivity index (χ3v) is 5.62. The van der Waals surface area contributed by atoms with Crippen LogP contribution in [-0.2, 0) is 33.5 Å². The monoisotopic (exact) mass is 433 g/mol. The first-order chi connectivity index (χ1) is 13.6. The zero-order chi connectivity index (χ0) is 21.2. The Hall–Kier alpha value is -2.38. The van der Waals surface area contributed by atoms with Gasteiger partial charge < -0.3 is 9.47 Å². The molecule has 154 valence electrons. The molecule has 3 rings (SSSR count). The zero-order valence-corrected chi connectivity index (χ0v) is 18.2. The van der Waals surface area contributed by atoms with Crippen molar-refractivity contribution in [2.75, 3.05) is 6.26 Å². The van der Waals surface area contributed by atoms with E-state index in [4.69, 9.17) is 11.6 Å². The number of nitrogens with zero attached hydrogens (tertiary/aromatic N) is 3. The molecule has 2 aromatic carbocycles. The summed E-state index contributed by atoms with van der Waals surface area (Å²) in [5.41, 5.74) is 2.35. The predicted molar refractivity (Wildman–Crippen MR) is 115 cm³/mol. The molecule has 0 aliphatic rings. The van der Waals surface area contributed by atoms with Crippen LogP contribution in [0.1, 0.15) is 25.2 Å². The second kappa shape index (κ2) is 8.55. The van der Waals surface area contributed by atoms with Crippen molar-refractivity contribution >= 4 is 38.4 Å². The fourth-order valence-electron chi connectivity index (χ4n) is 3.26. The van der Waals surface area contributed by atoms with Crippen LogP contribution in [0.3, 0.4) is 0 Å². The maximum Gasteiger partial charge on any atom is 0.243 e. The lowest BCUT2D eigenvalue weighted by Gasteiger charge is -2.27. The third-order valence-electron chi connectivity index (χ3n) is 4.60. The van der Waals surface area contributed by atoms with Crippen LogP contribution in [0.5, 0.6) is 0 Å². The van der Waals surface area contributed by atoms with Crippen LogP contribution >= 0.6 is 11.6 Å². The van der Waals surface area contributed by atoms with E-state index in [1.54, 1.807) is 15.5 Å². The lowest BCUT2D eigenvalue weighted by atomic mass is 10.2. The molecule has 0 N–H and O–H groups in total. The summed E-state index contributed by atoms with van der Waals surface area (Å²) in [5, 5.41) is 0.620. The quantitative estimate of drug-likeness (QED) is 0.569. The van der Waals surface area contributed by atoms with E-state index in [2.05, 4.69) is 4.98 Å². The number of sulfone groups is 1. The molecule has 0 aliphatic carbocycles. The number of fused-ring (bicyclic) bond motifs is 1. The van der Waals surface area contributed by atoms with Crippen LogP contribution in [0.25, 0.3) is 11.0 Å². The maximum absolute atomic E-state index is 13.2. The Kier molecular flexibility index (Phi) is 6.29. The molecule has 3 aromatic rings. The number of imidazole rings is 1. The van der Waals surface area contributed by atoms with Crippen molar-refractivity contribution in [1.82, 2.24) is 14.5 Å². The molecule has 0 spiro atoms. The first-order valence-electron chi connectivity index (χ1n) is 9.30. The highest BCUT2D eigenvalue weighted by Gasteiger charge is 2.22. The molecule has 0 radical (unpaired) electrons. The first-order valence-corrected chi connectivity index (χ1v) is 11.7. The van der Waals surface area contributed by atoms with Gasteiger partial charge >= 0.3 is 0 Å². The first kappa shape index (κ1) is 21.3. The van der Waals surface area contributed by atoms with E-state index in [1.165, 1.54) is 0 Å². The van der Waals surface area contributed by atoms with Gasteiger partial charge in [0.25, 0.3) is 0 Å². The number of hydrogen-bond donors (Lipinski definition) is 0. The second-order valence-corrected chi connectivity index (χ2v) is 9.99. The van der Waals surface area contributed by atoms with E-state index < -0.39 is 9.84 Å². The summed E-state index contributed by atoms with van der Waals surface area (Å²) in [6, 6.07) is 14.7. The van der Waals surface area contributed by atoms with Crippen molar-refractivity contribution < 1.29 is 13.2 Å². The molecular formula is C21H24ClN3O3S. The topological polar surface area (TPSA) is 72.3 Å². The van der Waals surface area contributed by atoms with Crippen molar-refractivity contribution in [3.05, 3.63) is 64.9 Å². The minimum Gasteiger partial charge on any atom is -0.334 e. The SMILES string of the molecule is CC(C)N(Cc1cccc(Cl)c1)C(=O)Cn1c(CS(C)(=O)=O)nc2ccccc21. The Morgan fingerprint density at radius 1 is 1.17 bits per heavy atom. The van der Waals surface area contributed by atoms with Crippen molar-refractivity contribution in [2.24, 2.45) is 0 Å². The Morgan fingerprint density at radius 3 is 2.55 bits per heavy atom. The number of aromatic nitrogens is 2. The van der Waals surface area contributed by atoms with Crippen LogP contribution in [0.15, 0.2) is 48.5 Å². The number of carbonyl (C=O) groups excluding carboxylic acids is 1. The number of amides is 1. The molecule has 1 aromatic heterocycles. The van der Waals surface area contributed by atoms with Gasteiger partial charge in [-0.3, -0.25) is 4.79 Å². The van der Waals surface area contributed by atoms with Gasteiger partial charge in [0.15, 0.2) is 9.84 Å². The molecule has 0 atom stereocenters. The summed E-state index contributed by atoms with van der Waals surface area (Å²) < 4.78 is 25.4. The standard InChI is InChI=1S/C21H24ClN3O3S/c1-15(2)24(12-16-7-6-8-17(22)11-16)21(26)13-25-19-10-5-4-9-18(19)23-20(25)14-29(3,27)28/h4-11,15H,12-14H2,1-3H3. The van der Waals surface area contributed by atoms with Crippen molar-refractivity contribution in [3.63, 3.8) is 0 Å². The van der Waals surface area contributed by atoms with Gasteiger partial charge in [-0.15, -0.1) is 0 Å². The average molecular weight is 434 g/mol. The van der Waals surface area contributed by atoms with Crippen molar-refractivity contribution in [2.45, 2.75) is 38.7 Å². The fourth-order valence-corrected chi connectivity index (χ4v) is 4.17. The zero-order valence-electron chi connectivity index (χ0n) is 16.7. The number of benzene rings is 2. The smallest absolute Gasteiger partial charge is 0.243 e. The van der Waals surface area contributed by atoms with Gasteiger partial charge in [0.05, 0.1) is 11.0 Å². The largest absolute Gasteiger partial charge is 0.334 e. The van der Waals surface area contributed by atoms with Gasteiger partial charge in [-0.05, 0) is 43.7 Å². The minimum absolute atomic E-state index is 0.0180. The fraction of sp³-hybridized carbons (Fsp3) is 0.333. The van der Waals surface area contributed by atoms with Gasteiger partial charge in [-0.25, -0.2) is 13.4 Å². The van der Waals surface area contributed by atoms with Gasteiger partial charge in [-0.1, -0.05) is 35.9 Å². The number of rotatable bonds is 7. The van der Waals surface area contributed by atoms with E-state index in [9.17, 15) is 13.2 Å².